The molecule has 0 unspecified atom stereocenters. The van der Waals surface area contributed by atoms with E-state index in [1.807, 2.05) is 6.92 Å². The Morgan fingerprint density at radius 1 is 0.926 bits per heavy atom. The van der Waals surface area contributed by atoms with Gasteiger partial charge in [-0.25, -0.2) is 0 Å². The van der Waals surface area contributed by atoms with Gasteiger partial charge in [0.2, 0.25) is 0 Å². The minimum absolute atomic E-state index is 0.138. The smallest absolute Gasteiger partial charge is 0.131 e. The number of fused-ring (bicyclic) bond motifs is 3. The van der Waals surface area contributed by atoms with Crippen LogP contribution in [0.4, 0.5) is 0 Å². The molecule has 0 aliphatic heterocycles. The van der Waals surface area contributed by atoms with E-state index in [1.54, 1.807) is 6.92 Å². The number of benzene rings is 3. The molecule has 27 heavy (non-hydrogen) atoms. The molecule has 0 radical (unpaired) electrons. The molecule has 4 heteroatoms. The second-order valence-corrected chi connectivity index (χ2v) is 7.35. The van der Waals surface area contributed by atoms with Gasteiger partial charge in [0.05, 0.1) is 25.4 Å². The van der Waals surface area contributed by atoms with Crippen molar-refractivity contribution in [2.24, 2.45) is 0 Å². The van der Waals surface area contributed by atoms with Crippen molar-refractivity contribution >= 4 is 10.8 Å². The van der Waals surface area contributed by atoms with E-state index >= 15 is 0 Å². The summed E-state index contributed by atoms with van der Waals surface area (Å²) in [6.07, 6.45) is 0. The largest absolute Gasteiger partial charge is 0.493 e. The molecule has 0 fully saturated rings. The third kappa shape index (κ3) is 2.90. The number of aliphatic hydroxyl groups excluding tert-OH is 2. The molecule has 0 spiro atoms. The summed E-state index contributed by atoms with van der Waals surface area (Å²) in [7, 11) is 0. The standard InChI is InChI=1S/C23H25NO3/c1-3-27-22-15(12-24-23(2,13-25)14-26)11-20-17-8-5-4-7-16(17)18-9-6-10-19(22)21(18)20/h4-11,24-26H,3,12-14H2,1-2H3. The highest BCUT2D eigenvalue weighted by molar-refractivity contribution is 6.17. The Morgan fingerprint density at radius 3 is 2.26 bits per heavy atom. The van der Waals surface area contributed by atoms with Crippen LogP contribution in [0.2, 0.25) is 0 Å². The van der Waals surface area contributed by atoms with Crippen LogP contribution in [0.5, 0.6) is 5.75 Å². The summed E-state index contributed by atoms with van der Waals surface area (Å²) in [4.78, 5) is 0. The molecular weight excluding hydrogens is 338 g/mol. The van der Waals surface area contributed by atoms with Crippen LogP contribution in [0.1, 0.15) is 19.4 Å². The van der Waals surface area contributed by atoms with Crippen LogP contribution in [0.3, 0.4) is 0 Å². The SMILES string of the molecule is CCOc1c(CNC(C)(CO)CO)cc2c3c(cccc13)-c1ccccc1-2. The van der Waals surface area contributed by atoms with E-state index < -0.39 is 5.54 Å². The second-order valence-electron chi connectivity index (χ2n) is 7.35. The Labute approximate surface area is 159 Å². The van der Waals surface area contributed by atoms with Crippen molar-refractivity contribution in [3.8, 4) is 28.0 Å². The fourth-order valence-electron chi connectivity index (χ4n) is 3.82. The summed E-state index contributed by atoms with van der Waals surface area (Å²) in [6.45, 7) is 4.60. The first kappa shape index (κ1) is 18.0. The maximum Gasteiger partial charge on any atom is 0.131 e. The Hall–Kier alpha value is -2.40. The minimum Gasteiger partial charge on any atom is -0.493 e. The van der Waals surface area contributed by atoms with Crippen LogP contribution in [-0.4, -0.2) is 35.6 Å². The quantitative estimate of drug-likeness (QED) is 0.468. The van der Waals surface area contributed by atoms with Crippen molar-refractivity contribution in [3.63, 3.8) is 0 Å². The number of hydrogen-bond acceptors (Lipinski definition) is 4. The van der Waals surface area contributed by atoms with Gasteiger partial charge in [-0.3, -0.25) is 0 Å². The van der Waals surface area contributed by atoms with Crippen LogP contribution < -0.4 is 10.1 Å². The van der Waals surface area contributed by atoms with Crippen LogP contribution in [-0.2, 0) is 6.54 Å². The Morgan fingerprint density at radius 2 is 1.59 bits per heavy atom. The number of rotatable bonds is 7. The molecule has 0 saturated carbocycles. The third-order valence-corrected chi connectivity index (χ3v) is 5.39. The first-order valence-electron chi connectivity index (χ1n) is 9.40. The molecule has 140 valence electrons. The maximum absolute atomic E-state index is 9.59. The van der Waals surface area contributed by atoms with E-state index in [1.165, 1.54) is 27.6 Å². The Kier molecular flexibility index (Phi) is 4.64. The van der Waals surface area contributed by atoms with Gasteiger partial charge < -0.3 is 20.3 Å². The van der Waals surface area contributed by atoms with Crippen molar-refractivity contribution in [2.75, 3.05) is 19.8 Å². The summed E-state index contributed by atoms with van der Waals surface area (Å²) < 4.78 is 6.05. The van der Waals surface area contributed by atoms with Gasteiger partial charge in [0.25, 0.3) is 0 Å². The lowest BCUT2D eigenvalue weighted by Gasteiger charge is -2.27. The lowest BCUT2D eigenvalue weighted by molar-refractivity contribution is 0.103. The Bertz CT molecular complexity index is 992. The van der Waals surface area contributed by atoms with Crippen molar-refractivity contribution in [2.45, 2.75) is 25.9 Å². The van der Waals surface area contributed by atoms with Crippen LogP contribution in [0, 0.1) is 0 Å². The second kappa shape index (κ2) is 6.97. The van der Waals surface area contributed by atoms with Crippen LogP contribution in [0.15, 0.2) is 48.5 Å². The molecular formula is C23H25NO3. The molecule has 0 atom stereocenters. The van der Waals surface area contributed by atoms with E-state index in [9.17, 15) is 10.2 Å². The van der Waals surface area contributed by atoms with Crippen molar-refractivity contribution in [3.05, 3.63) is 54.1 Å². The summed E-state index contributed by atoms with van der Waals surface area (Å²) >= 11 is 0. The molecule has 0 saturated heterocycles. The fraction of sp³-hybridized carbons (Fsp3) is 0.304. The van der Waals surface area contributed by atoms with E-state index in [0.29, 0.717) is 13.2 Å². The van der Waals surface area contributed by atoms with E-state index in [4.69, 9.17) is 4.74 Å². The highest BCUT2D eigenvalue weighted by Gasteiger charge is 2.26. The van der Waals surface area contributed by atoms with Crippen molar-refractivity contribution in [1.29, 1.82) is 0 Å². The molecule has 0 heterocycles. The topological polar surface area (TPSA) is 61.7 Å². The van der Waals surface area contributed by atoms with E-state index in [0.717, 1.165) is 16.7 Å². The van der Waals surface area contributed by atoms with Gasteiger partial charge >= 0.3 is 0 Å². The first-order valence-corrected chi connectivity index (χ1v) is 9.40. The molecule has 4 nitrogen and oxygen atoms in total. The van der Waals surface area contributed by atoms with Gasteiger partial charge in [0, 0.05) is 22.9 Å². The monoisotopic (exact) mass is 363 g/mol. The summed E-state index contributed by atoms with van der Waals surface area (Å²) in [5.41, 5.74) is 5.24. The lowest BCUT2D eigenvalue weighted by atomic mass is 9.97. The molecule has 3 aromatic rings. The molecule has 0 amide bonds. The van der Waals surface area contributed by atoms with Crippen LogP contribution >= 0.6 is 0 Å². The number of aliphatic hydroxyl groups is 2. The zero-order valence-corrected chi connectivity index (χ0v) is 15.7. The van der Waals surface area contributed by atoms with Crippen molar-refractivity contribution < 1.29 is 14.9 Å². The normalized spacial score (nSPS) is 12.4. The van der Waals surface area contributed by atoms with E-state index in [-0.39, 0.29) is 13.2 Å². The maximum atomic E-state index is 9.59. The predicted octanol–water partition coefficient (Wildman–Crippen LogP) is 3.72. The van der Waals surface area contributed by atoms with Gasteiger partial charge in [0.1, 0.15) is 5.75 Å². The number of hydrogen-bond donors (Lipinski definition) is 3. The van der Waals surface area contributed by atoms with Gasteiger partial charge in [-0.05, 0) is 42.2 Å². The number of ether oxygens (including phenoxy) is 1. The van der Waals surface area contributed by atoms with E-state index in [2.05, 4.69) is 53.8 Å². The van der Waals surface area contributed by atoms with Crippen molar-refractivity contribution in [1.82, 2.24) is 5.32 Å². The fourth-order valence-corrected chi connectivity index (χ4v) is 3.82. The van der Waals surface area contributed by atoms with Gasteiger partial charge in [-0.2, -0.15) is 0 Å². The average Bonchev–Trinajstić information content (AvgIpc) is 3.04. The third-order valence-electron chi connectivity index (χ3n) is 5.39. The highest BCUT2D eigenvalue weighted by Crippen LogP contribution is 2.50. The van der Waals surface area contributed by atoms with Gasteiger partial charge in [-0.15, -0.1) is 0 Å². The molecule has 1 aliphatic carbocycles. The summed E-state index contributed by atoms with van der Waals surface area (Å²) in [5, 5.41) is 24.8. The summed E-state index contributed by atoms with van der Waals surface area (Å²) in [6, 6.07) is 17.0. The summed E-state index contributed by atoms with van der Waals surface area (Å²) in [5.74, 6) is 0.872. The van der Waals surface area contributed by atoms with Gasteiger partial charge in [0.15, 0.2) is 0 Å². The number of nitrogens with one attached hydrogen (secondary N) is 1. The highest BCUT2D eigenvalue weighted by atomic mass is 16.5. The molecule has 1 aliphatic rings. The lowest BCUT2D eigenvalue weighted by Crippen LogP contribution is -2.48. The Balaban J connectivity index is 1.89. The van der Waals surface area contributed by atoms with Crippen LogP contribution in [0.25, 0.3) is 33.0 Å². The molecule has 0 bridgehead atoms. The molecule has 3 aromatic carbocycles. The van der Waals surface area contributed by atoms with Gasteiger partial charge in [-0.1, -0.05) is 42.5 Å². The predicted molar refractivity (Wildman–Crippen MR) is 109 cm³/mol. The first-order chi connectivity index (χ1) is 13.1. The zero-order valence-electron chi connectivity index (χ0n) is 15.7. The average molecular weight is 363 g/mol. The molecule has 3 N–H and O–H groups in total. The molecule has 0 aromatic heterocycles. The molecule has 4 rings (SSSR count). The zero-order chi connectivity index (χ0) is 19.0. The minimum atomic E-state index is -0.738.